The molecule has 1 amide bonds. The highest BCUT2D eigenvalue weighted by Crippen LogP contribution is 2.19. The molecule has 0 fully saturated rings. The number of amides is 1. The lowest BCUT2D eigenvalue weighted by Gasteiger charge is -2.14. The summed E-state index contributed by atoms with van der Waals surface area (Å²) >= 11 is 0. The summed E-state index contributed by atoms with van der Waals surface area (Å²) in [6.07, 6.45) is 0.377. The Morgan fingerprint density at radius 3 is 2.10 bits per heavy atom. The van der Waals surface area contributed by atoms with Crippen molar-refractivity contribution in [1.29, 1.82) is 0 Å². The summed E-state index contributed by atoms with van der Waals surface area (Å²) in [6, 6.07) is -1.44. The van der Waals surface area contributed by atoms with Gasteiger partial charge < -0.3 is 10.4 Å². The van der Waals surface area contributed by atoms with Crippen molar-refractivity contribution in [2.45, 2.75) is 25.8 Å². The maximum Gasteiger partial charge on any atom is 0.326 e. The third-order valence-electron chi connectivity index (χ3n) is 2.52. The van der Waals surface area contributed by atoms with Gasteiger partial charge in [-0.1, -0.05) is 13.3 Å². The zero-order valence-corrected chi connectivity index (χ0v) is 10.3. The summed E-state index contributed by atoms with van der Waals surface area (Å²) in [5, 5.41) is 10.6. The molecule has 0 bridgehead atoms. The van der Waals surface area contributed by atoms with Crippen molar-refractivity contribution < 1.29 is 32.3 Å². The van der Waals surface area contributed by atoms with Crippen molar-refractivity contribution in [1.82, 2.24) is 5.32 Å². The van der Waals surface area contributed by atoms with Crippen LogP contribution >= 0.6 is 0 Å². The fourth-order valence-electron chi connectivity index (χ4n) is 1.55. The Labute approximate surface area is 111 Å². The van der Waals surface area contributed by atoms with E-state index in [0.717, 1.165) is 0 Å². The van der Waals surface area contributed by atoms with Crippen LogP contribution in [0, 0.1) is 23.3 Å². The molecule has 110 valence electrons. The van der Waals surface area contributed by atoms with E-state index in [-0.39, 0.29) is 12.5 Å². The number of hydrogen-bond acceptors (Lipinski definition) is 2. The number of rotatable bonds is 5. The van der Waals surface area contributed by atoms with Crippen molar-refractivity contribution in [3.63, 3.8) is 0 Å². The highest BCUT2D eigenvalue weighted by molar-refractivity contribution is 5.97. The van der Waals surface area contributed by atoms with Gasteiger partial charge in [-0.05, 0) is 6.42 Å². The first-order chi connectivity index (χ1) is 9.29. The molecule has 0 saturated carbocycles. The van der Waals surface area contributed by atoms with E-state index < -0.39 is 46.8 Å². The van der Waals surface area contributed by atoms with Crippen LogP contribution in [0.3, 0.4) is 0 Å². The number of nitrogens with one attached hydrogen (secondary N) is 1. The first-order valence-electron chi connectivity index (χ1n) is 5.66. The smallest absolute Gasteiger partial charge is 0.326 e. The molecule has 1 atom stereocenters. The fourth-order valence-corrected chi connectivity index (χ4v) is 1.55. The van der Waals surface area contributed by atoms with E-state index in [0.29, 0.717) is 6.42 Å². The van der Waals surface area contributed by atoms with Gasteiger partial charge in [-0.2, -0.15) is 0 Å². The van der Waals surface area contributed by atoms with Gasteiger partial charge in [0.25, 0.3) is 5.91 Å². The number of benzene rings is 1. The van der Waals surface area contributed by atoms with Crippen LogP contribution in [0.25, 0.3) is 0 Å². The molecule has 0 saturated heterocycles. The predicted molar refractivity (Wildman–Crippen MR) is 60.1 cm³/mol. The van der Waals surface area contributed by atoms with E-state index in [4.69, 9.17) is 5.11 Å². The van der Waals surface area contributed by atoms with Crippen LogP contribution in [0.1, 0.15) is 30.1 Å². The van der Waals surface area contributed by atoms with Crippen molar-refractivity contribution >= 4 is 11.9 Å². The van der Waals surface area contributed by atoms with Crippen LogP contribution in [0.2, 0.25) is 0 Å². The Hall–Kier alpha value is -2.12. The Bertz CT molecular complexity index is 522. The molecule has 0 aliphatic carbocycles. The van der Waals surface area contributed by atoms with E-state index in [1.54, 1.807) is 6.92 Å². The van der Waals surface area contributed by atoms with E-state index in [1.807, 2.05) is 5.32 Å². The van der Waals surface area contributed by atoms with Crippen molar-refractivity contribution in [3.8, 4) is 0 Å². The second-order valence-corrected chi connectivity index (χ2v) is 4.00. The number of carboxylic acid groups (broad SMARTS) is 1. The fraction of sp³-hybridized carbons (Fsp3) is 0.333. The van der Waals surface area contributed by atoms with Crippen LogP contribution in [0.15, 0.2) is 6.07 Å². The average Bonchev–Trinajstić information content (AvgIpc) is 2.36. The third-order valence-corrected chi connectivity index (χ3v) is 2.52. The van der Waals surface area contributed by atoms with Crippen LogP contribution in [-0.4, -0.2) is 23.0 Å². The minimum atomic E-state index is -1.87. The Balaban J connectivity index is 3.12. The topological polar surface area (TPSA) is 66.4 Å². The highest BCUT2D eigenvalue weighted by Gasteiger charge is 2.28. The molecule has 1 rings (SSSR count). The highest BCUT2D eigenvalue weighted by atomic mass is 19.2. The van der Waals surface area contributed by atoms with Gasteiger partial charge in [0.15, 0.2) is 23.3 Å². The van der Waals surface area contributed by atoms with Gasteiger partial charge in [0, 0.05) is 6.07 Å². The Morgan fingerprint density at radius 2 is 1.70 bits per heavy atom. The predicted octanol–water partition coefficient (Wildman–Crippen LogP) is 2.23. The molecule has 0 aliphatic heterocycles. The molecular formula is C12H11F4NO3. The molecule has 0 aromatic heterocycles. The van der Waals surface area contributed by atoms with Crippen molar-refractivity contribution in [3.05, 3.63) is 34.9 Å². The first kappa shape index (κ1) is 15.9. The van der Waals surface area contributed by atoms with Crippen molar-refractivity contribution in [2.24, 2.45) is 0 Å². The first-order valence-corrected chi connectivity index (χ1v) is 5.66. The second kappa shape index (κ2) is 6.36. The molecule has 0 unspecified atom stereocenters. The molecule has 2 N–H and O–H groups in total. The van der Waals surface area contributed by atoms with E-state index >= 15 is 0 Å². The van der Waals surface area contributed by atoms with E-state index in [2.05, 4.69) is 0 Å². The molecule has 0 spiro atoms. The molecule has 4 nitrogen and oxygen atoms in total. The van der Waals surface area contributed by atoms with E-state index in [9.17, 15) is 27.2 Å². The van der Waals surface area contributed by atoms with Gasteiger partial charge in [-0.15, -0.1) is 0 Å². The number of carbonyl (C=O) groups excluding carboxylic acids is 1. The lowest BCUT2D eigenvalue weighted by atomic mass is 10.1. The number of hydrogen-bond donors (Lipinski definition) is 2. The summed E-state index contributed by atoms with van der Waals surface area (Å²) in [4.78, 5) is 22.4. The molecule has 1 aromatic carbocycles. The van der Waals surface area contributed by atoms with Gasteiger partial charge in [0.05, 0.1) is 0 Å². The monoisotopic (exact) mass is 293 g/mol. The Kier molecular flexibility index (Phi) is 5.06. The summed E-state index contributed by atoms with van der Waals surface area (Å²) < 4.78 is 52.6. The summed E-state index contributed by atoms with van der Waals surface area (Å²) in [7, 11) is 0. The maximum atomic E-state index is 13.3. The summed E-state index contributed by atoms with van der Waals surface area (Å²) in [6.45, 7) is 1.63. The SMILES string of the molecule is CCC[C@H](NC(=O)c1c(F)c(F)cc(F)c1F)C(=O)O. The minimum Gasteiger partial charge on any atom is -0.480 e. The van der Waals surface area contributed by atoms with Crippen LogP contribution in [0.5, 0.6) is 0 Å². The minimum absolute atomic E-state index is 0.00209. The zero-order valence-electron chi connectivity index (χ0n) is 10.3. The lowest BCUT2D eigenvalue weighted by Crippen LogP contribution is -2.41. The number of carboxylic acids is 1. The molecule has 0 radical (unpaired) electrons. The van der Waals surface area contributed by atoms with E-state index in [1.165, 1.54) is 0 Å². The molecule has 20 heavy (non-hydrogen) atoms. The maximum absolute atomic E-state index is 13.3. The van der Waals surface area contributed by atoms with Crippen LogP contribution in [-0.2, 0) is 4.79 Å². The molecule has 1 aromatic rings. The quantitative estimate of drug-likeness (QED) is 0.646. The number of halogens is 4. The number of aliphatic carboxylic acids is 1. The average molecular weight is 293 g/mol. The van der Waals surface area contributed by atoms with Crippen LogP contribution in [0.4, 0.5) is 17.6 Å². The standard InChI is InChI=1S/C12H11F4NO3/c1-2-3-7(12(19)20)17-11(18)8-9(15)5(13)4-6(14)10(8)16/h4,7H,2-3H2,1H3,(H,17,18)(H,19,20)/t7-/m0/s1. The van der Waals surface area contributed by atoms with Crippen molar-refractivity contribution in [2.75, 3.05) is 0 Å². The van der Waals surface area contributed by atoms with Gasteiger partial charge in [-0.25, -0.2) is 22.4 Å². The third kappa shape index (κ3) is 3.25. The normalized spacial score (nSPS) is 12.1. The van der Waals surface area contributed by atoms with Gasteiger partial charge in [0.1, 0.15) is 11.6 Å². The summed E-state index contributed by atoms with van der Waals surface area (Å²) in [5.74, 6) is -10.2. The number of carbonyl (C=O) groups is 2. The molecular weight excluding hydrogens is 282 g/mol. The Morgan fingerprint density at radius 1 is 1.20 bits per heavy atom. The largest absolute Gasteiger partial charge is 0.480 e. The van der Waals surface area contributed by atoms with Gasteiger partial charge >= 0.3 is 5.97 Å². The van der Waals surface area contributed by atoms with Crippen LogP contribution < -0.4 is 5.32 Å². The molecule has 0 aliphatic rings. The van der Waals surface area contributed by atoms with Gasteiger partial charge in [-0.3, -0.25) is 4.79 Å². The molecule has 8 heteroatoms. The summed E-state index contributed by atoms with van der Waals surface area (Å²) in [5.41, 5.74) is -1.48. The lowest BCUT2D eigenvalue weighted by molar-refractivity contribution is -0.139. The zero-order chi connectivity index (χ0) is 15.4. The second-order valence-electron chi connectivity index (χ2n) is 4.00. The van der Waals surface area contributed by atoms with Gasteiger partial charge in [0.2, 0.25) is 0 Å². The molecule has 0 heterocycles.